The molecule has 0 aliphatic heterocycles. The largest absolute Gasteiger partial charge is 0.445 e. The quantitative estimate of drug-likeness (QED) is 0.698. The summed E-state index contributed by atoms with van der Waals surface area (Å²) in [6.07, 6.45) is -0.176. The first-order chi connectivity index (χ1) is 11.2. The Labute approximate surface area is 133 Å². The Morgan fingerprint density at radius 2 is 1.96 bits per heavy atom. The summed E-state index contributed by atoms with van der Waals surface area (Å²) in [5.74, 6) is 4.50. The van der Waals surface area contributed by atoms with Gasteiger partial charge in [0.2, 0.25) is 0 Å². The average Bonchev–Trinajstić information content (AvgIpc) is 2.59. The van der Waals surface area contributed by atoms with Crippen molar-refractivity contribution in [3.8, 4) is 11.8 Å². The fraction of sp³-hybridized carbons (Fsp3) is 0.111. The van der Waals surface area contributed by atoms with Crippen LogP contribution in [0, 0.1) is 17.7 Å². The summed E-state index contributed by atoms with van der Waals surface area (Å²) in [5.41, 5.74) is 0.933. The molecule has 0 aliphatic carbocycles. The summed E-state index contributed by atoms with van der Waals surface area (Å²) in [7, 11) is 0. The summed E-state index contributed by atoms with van der Waals surface area (Å²) < 4.78 is 18.7. The zero-order valence-electron chi connectivity index (χ0n) is 12.2. The van der Waals surface area contributed by atoms with Gasteiger partial charge in [0.25, 0.3) is 0 Å². The van der Waals surface area contributed by atoms with Crippen molar-refractivity contribution < 1.29 is 18.7 Å². The van der Waals surface area contributed by atoms with Gasteiger partial charge >= 0.3 is 6.09 Å². The van der Waals surface area contributed by atoms with E-state index in [-0.39, 0.29) is 24.3 Å². The van der Waals surface area contributed by atoms with Crippen LogP contribution >= 0.6 is 0 Å². The number of halogens is 1. The number of hydrogen-bond acceptors (Lipinski definition) is 3. The second-order valence-electron chi connectivity index (χ2n) is 4.54. The van der Waals surface area contributed by atoms with Crippen LogP contribution in [0.2, 0.25) is 0 Å². The Balaban J connectivity index is 1.81. The van der Waals surface area contributed by atoms with E-state index in [0.717, 1.165) is 5.56 Å². The van der Waals surface area contributed by atoms with Crippen LogP contribution in [-0.2, 0) is 11.3 Å². The lowest BCUT2D eigenvalue weighted by molar-refractivity contribution is 0.111. The van der Waals surface area contributed by atoms with Crippen LogP contribution in [0.1, 0.15) is 21.5 Å². The third-order valence-electron chi connectivity index (χ3n) is 2.91. The van der Waals surface area contributed by atoms with E-state index in [2.05, 4.69) is 17.2 Å². The molecule has 0 spiro atoms. The van der Waals surface area contributed by atoms with Gasteiger partial charge in [-0.25, -0.2) is 9.18 Å². The van der Waals surface area contributed by atoms with E-state index >= 15 is 0 Å². The molecule has 0 atom stereocenters. The summed E-state index contributed by atoms with van der Waals surface area (Å²) in [5, 5.41) is 2.44. The van der Waals surface area contributed by atoms with Gasteiger partial charge in [0.05, 0.1) is 17.7 Å². The molecule has 116 valence electrons. The molecule has 2 aromatic rings. The predicted octanol–water partition coefficient (Wildman–Crippen LogP) is 2.92. The van der Waals surface area contributed by atoms with E-state index in [9.17, 15) is 14.0 Å². The molecule has 0 saturated heterocycles. The topological polar surface area (TPSA) is 55.4 Å². The first-order valence-corrected chi connectivity index (χ1v) is 6.88. The van der Waals surface area contributed by atoms with Crippen molar-refractivity contribution in [3.05, 3.63) is 71.0 Å². The number of rotatable bonds is 4. The van der Waals surface area contributed by atoms with Crippen molar-refractivity contribution in [2.75, 3.05) is 6.54 Å². The third-order valence-corrected chi connectivity index (χ3v) is 2.91. The van der Waals surface area contributed by atoms with Gasteiger partial charge in [0.15, 0.2) is 6.29 Å². The SMILES string of the molecule is O=Cc1cccc(C#CCNC(=O)OCc2ccccc2)c1F. The minimum absolute atomic E-state index is 0.0123. The Kier molecular flexibility index (Phi) is 5.89. The highest BCUT2D eigenvalue weighted by Crippen LogP contribution is 2.09. The van der Waals surface area contributed by atoms with Crippen LogP contribution in [0.15, 0.2) is 48.5 Å². The summed E-state index contributed by atoms with van der Waals surface area (Å²) >= 11 is 0. The Bertz CT molecular complexity index is 748. The van der Waals surface area contributed by atoms with Crippen molar-refractivity contribution in [2.45, 2.75) is 6.61 Å². The first kappa shape index (κ1) is 16.2. The minimum Gasteiger partial charge on any atom is -0.445 e. The summed E-state index contributed by atoms with van der Waals surface area (Å²) in [6, 6.07) is 13.6. The highest BCUT2D eigenvalue weighted by molar-refractivity contribution is 5.76. The zero-order chi connectivity index (χ0) is 16.5. The normalized spacial score (nSPS) is 9.43. The number of hydrogen-bond donors (Lipinski definition) is 1. The fourth-order valence-electron chi connectivity index (χ4n) is 1.77. The number of ether oxygens (including phenoxy) is 1. The predicted molar refractivity (Wildman–Crippen MR) is 83.3 cm³/mol. The van der Waals surface area contributed by atoms with Crippen molar-refractivity contribution in [2.24, 2.45) is 0 Å². The second kappa shape index (κ2) is 8.35. The number of aldehydes is 1. The summed E-state index contributed by atoms with van der Waals surface area (Å²) in [4.78, 5) is 22.1. The van der Waals surface area contributed by atoms with Crippen molar-refractivity contribution >= 4 is 12.4 Å². The van der Waals surface area contributed by atoms with Gasteiger partial charge in [0.1, 0.15) is 12.4 Å². The average molecular weight is 311 g/mol. The molecule has 0 heterocycles. The molecule has 2 aromatic carbocycles. The van der Waals surface area contributed by atoms with Crippen LogP contribution in [0.5, 0.6) is 0 Å². The van der Waals surface area contributed by atoms with Crippen LogP contribution in [0.25, 0.3) is 0 Å². The van der Waals surface area contributed by atoms with E-state index in [1.165, 1.54) is 12.1 Å². The van der Waals surface area contributed by atoms with Gasteiger partial charge in [-0.05, 0) is 17.7 Å². The van der Waals surface area contributed by atoms with E-state index in [1.54, 1.807) is 6.07 Å². The van der Waals surface area contributed by atoms with Crippen LogP contribution in [0.3, 0.4) is 0 Å². The number of carbonyl (C=O) groups is 2. The fourth-order valence-corrected chi connectivity index (χ4v) is 1.77. The molecule has 0 bridgehead atoms. The van der Waals surface area contributed by atoms with Gasteiger partial charge in [-0.1, -0.05) is 48.2 Å². The molecule has 0 radical (unpaired) electrons. The van der Waals surface area contributed by atoms with Crippen molar-refractivity contribution in [1.82, 2.24) is 5.32 Å². The lowest BCUT2D eigenvalue weighted by Crippen LogP contribution is -2.24. The lowest BCUT2D eigenvalue weighted by atomic mass is 10.1. The zero-order valence-corrected chi connectivity index (χ0v) is 12.2. The maximum atomic E-state index is 13.7. The number of carbonyl (C=O) groups excluding carboxylic acids is 2. The van der Waals surface area contributed by atoms with E-state index in [4.69, 9.17) is 4.74 Å². The molecule has 0 unspecified atom stereocenters. The molecule has 1 N–H and O–H groups in total. The highest BCUT2D eigenvalue weighted by atomic mass is 19.1. The first-order valence-electron chi connectivity index (χ1n) is 6.88. The van der Waals surface area contributed by atoms with Gasteiger partial charge in [-0.15, -0.1) is 0 Å². The van der Waals surface area contributed by atoms with Crippen LogP contribution in [0.4, 0.5) is 9.18 Å². The van der Waals surface area contributed by atoms with Crippen LogP contribution < -0.4 is 5.32 Å². The van der Waals surface area contributed by atoms with Gasteiger partial charge in [-0.3, -0.25) is 4.79 Å². The molecule has 0 saturated carbocycles. The molecule has 5 heteroatoms. The molecule has 4 nitrogen and oxygen atoms in total. The maximum absolute atomic E-state index is 13.7. The third kappa shape index (κ3) is 4.97. The highest BCUT2D eigenvalue weighted by Gasteiger charge is 2.04. The van der Waals surface area contributed by atoms with Gasteiger partial charge < -0.3 is 10.1 Å². The smallest absolute Gasteiger partial charge is 0.408 e. The maximum Gasteiger partial charge on any atom is 0.408 e. The number of amides is 1. The number of alkyl carbamates (subject to hydrolysis) is 1. The second-order valence-corrected chi connectivity index (χ2v) is 4.54. The van der Waals surface area contributed by atoms with Crippen molar-refractivity contribution in [3.63, 3.8) is 0 Å². The standard InChI is InChI=1S/C18H14FNO3/c19-17-15(8-4-9-16(17)12-21)10-5-11-20-18(22)23-13-14-6-2-1-3-7-14/h1-4,6-9,12H,11,13H2,(H,20,22). The summed E-state index contributed by atoms with van der Waals surface area (Å²) in [6.45, 7) is 0.175. The van der Waals surface area contributed by atoms with E-state index in [1.807, 2.05) is 30.3 Å². The number of nitrogens with one attached hydrogen (secondary N) is 1. The van der Waals surface area contributed by atoms with E-state index < -0.39 is 11.9 Å². The molecule has 2 rings (SSSR count). The Morgan fingerprint density at radius 1 is 1.17 bits per heavy atom. The molecular weight excluding hydrogens is 297 g/mol. The molecule has 0 aliphatic rings. The van der Waals surface area contributed by atoms with Crippen LogP contribution in [-0.4, -0.2) is 18.9 Å². The minimum atomic E-state index is -0.665. The molecule has 1 amide bonds. The van der Waals surface area contributed by atoms with Gasteiger partial charge in [0, 0.05) is 0 Å². The van der Waals surface area contributed by atoms with Crippen molar-refractivity contribution in [1.29, 1.82) is 0 Å². The lowest BCUT2D eigenvalue weighted by Gasteiger charge is -2.04. The molecule has 0 fully saturated rings. The van der Waals surface area contributed by atoms with Gasteiger partial charge in [-0.2, -0.15) is 0 Å². The monoisotopic (exact) mass is 311 g/mol. The molecule has 23 heavy (non-hydrogen) atoms. The Hall–Kier alpha value is -3.13. The Morgan fingerprint density at radius 3 is 2.70 bits per heavy atom. The van der Waals surface area contributed by atoms with E-state index in [0.29, 0.717) is 6.29 Å². The molecule has 0 aromatic heterocycles. The number of benzene rings is 2. The molecular formula is C18H14FNO3.